The predicted octanol–water partition coefficient (Wildman–Crippen LogP) is -0.186. The first-order valence-electron chi connectivity index (χ1n) is 5.79. The Hall–Kier alpha value is -1.97. The van der Waals surface area contributed by atoms with E-state index in [-0.39, 0.29) is 42.9 Å². The van der Waals surface area contributed by atoms with Crippen LogP contribution in [0.5, 0.6) is 0 Å². The second kappa shape index (κ2) is 5.57. The van der Waals surface area contributed by atoms with Gasteiger partial charge in [0.1, 0.15) is 12.1 Å². The Balaban J connectivity index is 0.00000147. The molecule has 2 heterocycles. The third-order valence-corrected chi connectivity index (χ3v) is 2.95. The Kier molecular flexibility index (Phi) is 4.02. The van der Waals surface area contributed by atoms with E-state index in [0.717, 1.165) is 0 Å². The number of fused-ring (bicyclic) bond motifs is 1. The van der Waals surface area contributed by atoms with Crippen LogP contribution in [0.4, 0.5) is 6.01 Å². The average Bonchev–Trinajstić information content (AvgIpc) is 2.82. The molecule has 0 radical (unpaired) electrons. The summed E-state index contributed by atoms with van der Waals surface area (Å²) in [5.41, 5.74) is 0.797. The van der Waals surface area contributed by atoms with Gasteiger partial charge in [0, 0.05) is 13.1 Å². The Morgan fingerprint density at radius 1 is 1.45 bits per heavy atom. The Morgan fingerprint density at radius 2 is 2.25 bits per heavy atom. The van der Waals surface area contributed by atoms with Crippen LogP contribution in [0, 0.1) is 0 Å². The number of carboxylic acid groups (broad SMARTS) is 1. The van der Waals surface area contributed by atoms with Gasteiger partial charge in [-0.2, -0.15) is 4.98 Å². The van der Waals surface area contributed by atoms with E-state index in [0.29, 0.717) is 24.2 Å². The maximum atomic E-state index is 11.3. The summed E-state index contributed by atoms with van der Waals surface area (Å²) in [6, 6.07) is 5.00. The van der Waals surface area contributed by atoms with E-state index in [4.69, 9.17) is 9.52 Å². The van der Waals surface area contributed by atoms with Crippen molar-refractivity contribution in [3.63, 3.8) is 0 Å². The van der Waals surface area contributed by atoms with Gasteiger partial charge in [-0.25, -0.2) is 4.79 Å². The molecule has 20 heavy (non-hydrogen) atoms. The van der Waals surface area contributed by atoms with Crippen molar-refractivity contribution in [2.24, 2.45) is 0 Å². The average molecular weight is 269 g/mol. The van der Waals surface area contributed by atoms with E-state index >= 15 is 0 Å². The van der Waals surface area contributed by atoms with Crippen LogP contribution >= 0.6 is 0 Å². The molecule has 1 amide bonds. The van der Waals surface area contributed by atoms with Gasteiger partial charge in [-0.1, -0.05) is 6.07 Å². The molecule has 1 aliphatic heterocycles. The molecule has 1 aliphatic rings. The zero-order valence-corrected chi connectivity index (χ0v) is 9.92. The monoisotopic (exact) mass is 269 g/mol. The third kappa shape index (κ3) is 2.50. The SMILES string of the molecule is O=C1CN(c2nc3c(C(=O)O)cccc3o2)CCN1.[LiH]. The Bertz CT molecular complexity index is 670. The molecule has 0 bridgehead atoms. The molecule has 7 nitrogen and oxygen atoms in total. The molecule has 100 valence electrons. The molecule has 0 saturated carbocycles. The maximum absolute atomic E-state index is 11.3. The summed E-state index contributed by atoms with van der Waals surface area (Å²) in [5.74, 6) is -1.16. The van der Waals surface area contributed by atoms with Gasteiger partial charge in [-0.05, 0) is 12.1 Å². The van der Waals surface area contributed by atoms with Crippen molar-refractivity contribution in [2.75, 3.05) is 24.5 Å². The first kappa shape index (κ1) is 14.4. The Labute approximate surface area is 126 Å². The van der Waals surface area contributed by atoms with Gasteiger partial charge in [0.2, 0.25) is 5.91 Å². The van der Waals surface area contributed by atoms with Crippen LogP contribution in [0.15, 0.2) is 22.6 Å². The summed E-state index contributed by atoms with van der Waals surface area (Å²) >= 11 is 0. The number of benzene rings is 1. The number of aromatic nitrogens is 1. The van der Waals surface area contributed by atoms with Crippen LogP contribution in [0.2, 0.25) is 0 Å². The molecule has 1 aromatic heterocycles. The van der Waals surface area contributed by atoms with Crippen LogP contribution in [-0.2, 0) is 4.79 Å². The zero-order valence-electron chi connectivity index (χ0n) is 9.92. The standard InChI is InChI=1S/C12H11N3O4.Li.H/c16-9-6-15(5-4-13-9)12-14-10-7(11(17)18)2-1-3-8(10)19-12;;/h1-3H,4-6H2,(H,13,16)(H,17,18);;. The molecule has 1 aromatic carbocycles. The number of carboxylic acids is 1. The topological polar surface area (TPSA) is 95.7 Å². The van der Waals surface area contributed by atoms with E-state index in [1.54, 1.807) is 17.0 Å². The number of oxazole rings is 1. The molecule has 0 unspecified atom stereocenters. The summed E-state index contributed by atoms with van der Waals surface area (Å²) in [7, 11) is 0. The van der Waals surface area contributed by atoms with Crippen molar-refractivity contribution in [2.45, 2.75) is 0 Å². The second-order valence-corrected chi connectivity index (χ2v) is 4.23. The second-order valence-electron chi connectivity index (χ2n) is 4.23. The van der Waals surface area contributed by atoms with Crippen molar-refractivity contribution in [1.29, 1.82) is 0 Å². The van der Waals surface area contributed by atoms with Gasteiger partial charge in [0.25, 0.3) is 6.01 Å². The molecule has 0 spiro atoms. The van der Waals surface area contributed by atoms with Gasteiger partial charge < -0.3 is 19.7 Å². The number of carbonyl (C=O) groups is 2. The fraction of sp³-hybridized carbons (Fsp3) is 0.250. The van der Waals surface area contributed by atoms with Crippen molar-refractivity contribution in [3.05, 3.63) is 23.8 Å². The summed E-state index contributed by atoms with van der Waals surface area (Å²) in [4.78, 5) is 28.3. The van der Waals surface area contributed by atoms with E-state index in [9.17, 15) is 9.59 Å². The number of hydrogen-bond donors (Lipinski definition) is 2. The quantitative estimate of drug-likeness (QED) is 0.734. The molecule has 3 rings (SSSR count). The first-order valence-corrected chi connectivity index (χ1v) is 5.79. The van der Waals surface area contributed by atoms with Crippen LogP contribution in [0.25, 0.3) is 11.1 Å². The van der Waals surface area contributed by atoms with E-state index in [1.807, 2.05) is 0 Å². The molecule has 0 aliphatic carbocycles. The number of para-hydroxylation sites is 1. The summed E-state index contributed by atoms with van der Waals surface area (Å²) in [6.45, 7) is 1.26. The number of anilines is 1. The number of carbonyl (C=O) groups excluding carboxylic acids is 1. The van der Waals surface area contributed by atoms with E-state index in [2.05, 4.69) is 10.3 Å². The molecule has 0 atom stereocenters. The minimum absolute atomic E-state index is 0. The summed E-state index contributed by atoms with van der Waals surface area (Å²) in [6.07, 6.45) is 0. The molecule has 2 aromatic rings. The van der Waals surface area contributed by atoms with Gasteiger partial charge in [0.15, 0.2) is 5.58 Å². The van der Waals surface area contributed by atoms with Crippen molar-refractivity contribution in [3.8, 4) is 0 Å². The summed E-state index contributed by atoms with van der Waals surface area (Å²) < 4.78 is 5.52. The van der Waals surface area contributed by atoms with Crippen LogP contribution < -0.4 is 10.2 Å². The Morgan fingerprint density at radius 3 is 2.95 bits per heavy atom. The van der Waals surface area contributed by atoms with Gasteiger partial charge in [-0.3, -0.25) is 4.79 Å². The van der Waals surface area contributed by atoms with Gasteiger partial charge in [0.05, 0.1) is 5.56 Å². The van der Waals surface area contributed by atoms with Crippen LogP contribution in [-0.4, -0.2) is 60.5 Å². The van der Waals surface area contributed by atoms with E-state index < -0.39 is 5.97 Å². The number of amides is 1. The zero-order chi connectivity index (χ0) is 13.4. The molecular weight excluding hydrogens is 257 g/mol. The number of piperazine rings is 1. The van der Waals surface area contributed by atoms with E-state index in [1.165, 1.54) is 6.07 Å². The van der Waals surface area contributed by atoms with Gasteiger partial charge >= 0.3 is 24.8 Å². The first-order chi connectivity index (χ1) is 9.15. The number of nitrogens with zero attached hydrogens (tertiary/aromatic N) is 2. The molecule has 8 heteroatoms. The summed E-state index contributed by atoms with van der Waals surface area (Å²) in [5, 5.41) is 11.8. The minimum atomic E-state index is -1.05. The number of hydrogen-bond acceptors (Lipinski definition) is 5. The number of nitrogens with one attached hydrogen (secondary N) is 1. The fourth-order valence-electron chi connectivity index (χ4n) is 2.05. The van der Waals surface area contributed by atoms with Crippen LogP contribution in [0.3, 0.4) is 0 Å². The van der Waals surface area contributed by atoms with Crippen LogP contribution in [0.1, 0.15) is 10.4 Å². The molecule has 1 saturated heterocycles. The van der Waals surface area contributed by atoms with Crippen molar-refractivity contribution < 1.29 is 19.1 Å². The third-order valence-electron chi connectivity index (χ3n) is 2.95. The fourth-order valence-corrected chi connectivity index (χ4v) is 2.05. The van der Waals surface area contributed by atoms with Crippen molar-refractivity contribution in [1.82, 2.24) is 10.3 Å². The number of rotatable bonds is 2. The normalized spacial score (nSPS) is 14.8. The van der Waals surface area contributed by atoms with Gasteiger partial charge in [-0.15, -0.1) is 0 Å². The van der Waals surface area contributed by atoms with Crippen molar-refractivity contribution >= 4 is 47.9 Å². The molecule has 1 fully saturated rings. The molecular formula is C12H12LiN3O4. The molecule has 2 N–H and O–H groups in total. The predicted molar refractivity (Wildman–Crippen MR) is 73.3 cm³/mol. The number of aromatic carboxylic acids is 1.